The lowest BCUT2D eigenvalue weighted by Gasteiger charge is -2.27. The van der Waals surface area contributed by atoms with Crippen LogP contribution in [0.4, 0.5) is 5.69 Å². The van der Waals surface area contributed by atoms with Crippen molar-refractivity contribution < 1.29 is 15.3 Å². The highest BCUT2D eigenvalue weighted by Gasteiger charge is 2.24. The van der Waals surface area contributed by atoms with Gasteiger partial charge in [0.1, 0.15) is 17.3 Å². The Hall–Kier alpha value is -2.99. The Morgan fingerprint density at radius 2 is 1.65 bits per heavy atom. The van der Waals surface area contributed by atoms with Gasteiger partial charge in [-0.3, -0.25) is 14.8 Å². The van der Waals surface area contributed by atoms with E-state index in [0.29, 0.717) is 23.4 Å². The van der Waals surface area contributed by atoms with Gasteiger partial charge in [-0.25, -0.2) is 0 Å². The number of aliphatic hydroxyl groups excluding tert-OH is 1. The van der Waals surface area contributed by atoms with Crippen molar-refractivity contribution >= 4 is 11.5 Å². The molecular formula is C31H47N3O3. The van der Waals surface area contributed by atoms with Gasteiger partial charge in [0.2, 0.25) is 0 Å². The first kappa shape index (κ1) is 30.2. The average Bonchev–Trinajstić information content (AvgIpc) is 2.86. The maximum atomic E-state index is 11.0. The van der Waals surface area contributed by atoms with E-state index in [1.807, 2.05) is 32.9 Å². The number of anilines is 1. The lowest BCUT2D eigenvalue weighted by Crippen LogP contribution is -2.31. The lowest BCUT2D eigenvalue weighted by molar-refractivity contribution is 0.245. The Kier molecular flexibility index (Phi) is 12.0. The zero-order valence-electron chi connectivity index (χ0n) is 23.8. The zero-order valence-corrected chi connectivity index (χ0v) is 23.8. The van der Waals surface area contributed by atoms with Crippen molar-refractivity contribution in [2.45, 2.75) is 79.7 Å². The highest BCUT2D eigenvalue weighted by Crippen LogP contribution is 2.34. The van der Waals surface area contributed by atoms with Crippen molar-refractivity contribution in [3.8, 4) is 11.5 Å². The van der Waals surface area contributed by atoms with Crippen molar-refractivity contribution in [3.05, 3.63) is 65.0 Å². The number of benzene rings is 2. The van der Waals surface area contributed by atoms with Gasteiger partial charge in [-0.1, -0.05) is 60.1 Å². The maximum absolute atomic E-state index is 11.0. The SMILES string of the molecule is CC/C=C(\O)N(C(=NC)c1cc(C(C)C)c(O)cc1O)c1ccc(CN(CCC)CCC(C)CC)cc1. The fourth-order valence-electron chi connectivity index (χ4n) is 4.42. The number of hydrogen-bond acceptors (Lipinski definition) is 5. The molecule has 0 aliphatic carbocycles. The minimum Gasteiger partial charge on any atom is -0.508 e. The molecule has 0 amide bonds. The van der Waals surface area contributed by atoms with Crippen LogP contribution in [-0.2, 0) is 6.54 Å². The second-order valence-corrected chi connectivity index (χ2v) is 10.2. The van der Waals surface area contributed by atoms with Crippen LogP contribution in [0.3, 0.4) is 0 Å². The van der Waals surface area contributed by atoms with Crippen LogP contribution in [0.15, 0.2) is 53.3 Å². The monoisotopic (exact) mass is 509 g/mol. The molecule has 37 heavy (non-hydrogen) atoms. The molecule has 1 atom stereocenters. The lowest BCUT2D eigenvalue weighted by atomic mass is 9.98. The number of amidine groups is 1. The molecular weight excluding hydrogens is 462 g/mol. The molecule has 1 unspecified atom stereocenters. The molecule has 0 radical (unpaired) electrons. The van der Waals surface area contributed by atoms with E-state index >= 15 is 0 Å². The van der Waals surface area contributed by atoms with Gasteiger partial charge in [0, 0.05) is 19.7 Å². The first-order valence-corrected chi connectivity index (χ1v) is 13.7. The summed E-state index contributed by atoms with van der Waals surface area (Å²) in [6.45, 7) is 15.7. The minimum atomic E-state index is -0.0927. The quantitative estimate of drug-likeness (QED) is 0.147. The molecule has 6 nitrogen and oxygen atoms in total. The largest absolute Gasteiger partial charge is 0.508 e. The van der Waals surface area contributed by atoms with Gasteiger partial charge >= 0.3 is 0 Å². The van der Waals surface area contributed by atoms with Gasteiger partial charge in [-0.05, 0) is 79.6 Å². The van der Waals surface area contributed by atoms with E-state index < -0.39 is 0 Å². The Balaban J connectivity index is 2.43. The topological polar surface area (TPSA) is 79.5 Å². The van der Waals surface area contributed by atoms with Crippen LogP contribution in [0.2, 0.25) is 0 Å². The summed E-state index contributed by atoms with van der Waals surface area (Å²) in [6, 6.07) is 11.3. The molecule has 0 saturated heterocycles. The molecule has 0 aliphatic rings. The molecule has 6 heteroatoms. The van der Waals surface area contributed by atoms with E-state index in [0.717, 1.165) is 37.7 Å². The second kappa shape index (κ2) is 14.7. The molecule has 0 aromatic heterocycles. The van der Waals surface area contributed by atoms with Crippen LogP contribution in [0.25, 0.3) is 0 Å². The van der Waals surface area contributed by atoms with E-state index in [1.54, 1.807) is 24.1 Å². The van der Waals surface area contributed by atoms with Gasteiger partial charge in [0.25, 0.3) is 0 Å². The summed E-state index contributed by atoms with van der Waals surface area (Å²) >= 11 is 0. The third kappa shape index (κ3) is 8.26. The number of hydrogen-bond donors (Lipinski definition) is 3. The molecule has 0 aliphatic heterocycles. The Morgan fingerprint density at radius 1 is 0.973 bits per heavy atom. The molecule has 204 valence electrons. The summed E-state index contributed by atoms with van der Waals surface area (Å²) in [6.07, 6.45) is 5.88. The fourth-order valence-corrected chi connectivity index (χ4v) is 4.42. The van der Waals surface area contributed by atoms with Crippen LogP contribution in [0.5, 0.6) is 11.5 Å². The van der Waals surface area contributed by atoms with Crippen LogP contribution >= 0.6 is 0 Å². The number of aromatic hydroxyl groups is 2. The van der Waals surface area contributed by atoms with Crippen molar-refractivity contribution in [2.24, 2.45) is 10.9 Å². The van der Waals surface area contributed by atoms with Gasteiger partial charge in [0.15, 0.2) is 5.88 Å². The van der Waals surface area contributed by atoms with E-state index in [1.165, 1.54) is 24.5 Å². The zero-order chi connectivity index (χ0) is 27.5. The number of aliphatic imine (C=N–C) groups is 1. The first-order valence-electron chi connectivity index (χ1n) is 13.7. The predicted molar refractivity (Wildman–Crippen MR) is 156 cm³/mol. The smallest absolute Gasteiger partial charge is 0.193 e. The summed E-state index contributed by atoms with van der Waals surface area (Å²) in [5.74, 6) is 1.16. The van der Waals surface area contributed by atoms with Gasteiger partial charge in [-0.2, -0.15) is 0 Å². The number of phenolic OH excluding ortho intramolecular Hbond substituents is 2. The molecule has 3 N–H and O–H groups in total. The van der Waals surface area contributed by atoms with E-state index in [2.05, 4.69) is 42.8 Å². The summed E-state index contributed by atoms with van der Waals surface area (Å²) in [5, 5.41) is 32.1. The van der Waals surface area contributed by atoms with Gasteiger partial charge < -0.3 is 15.3 Å². The number of phenols is 2. The van der Waals surface area contributed by atoms with E-state index in [9.17, 15) is 15.3 Å². The molecule has 0 saturated carbocycles. The number of aliphatic hydroxyl groups is 1. The molecule has 0 spiro atoms. The molecule has 0 fully saturated rings. The van der Waals surface area contributed by atoms with Crippen LogP contribution in [0, 0.1) is 5.92 Å². The first-order chi connectivity index (χ1) is 17.7. The molecule has 0 bridgehead atoms. The summed E-state index contributed by atoms with van der Waals surface area (Å²) in [4.78, 5) is 8.62. The third-order valence-electron chi connectivity index (χ3n) is 6.82. The minimum absolute atomic E-state index is 0.0376. The van der Waals surface area contributed by atoms with Crippen LogP contribution in [-0.4, -0.2) is 46.2 Å². The summed E-state index contributed by atoms with van der Waals surface area (Å²) in [5.41, 5.74) is 3.11. The summed E-state index contributed by atoms with van der Waals surface area (Å²) in [7, 11) is 1.64. The van der Waals surface area contributed by atoms with Crippen LogP contribution in [0.1, 0.15) is 89.8 Å². The van der Waals surface area contributed by atoms with Crippen molar-refractivity contribution in [2.75, 3.05) is 25.0 Å². The normalized spacial score (nSPS) is 13.4. The fraction of sp³-hybridized carbons (Fsp3) is 0.516. The average molecular weight is 510 g/mol. The number of nitrogens with zero attached hydrogens (tertiary/aromatic N) is 3. The molecule has 2 aromatic rings. The van der Waals surface area contributed by atoms with Gasteiger partial charge in [-0.15, -0.1) is 0 Å². The van der Waals surface area contributed by atoms with Crippen LogP contribution < -0.4 is 4.90 Å². The number of rotatable bonds is 13. The maximum Gasteiger partial charge on any atom is 0.193 e. The van der Waals surface area contributed by atoms with E-state index in [-0.39, 0.29) is 23.3 Å². The van der Waals surface area contributed by atoms with Gasteiger partial charge in [0.05, 0.1) is 11.3 Å². The standard InChI is InChI=1S/C31H47N3O3/c1-8-11-30(37)34(31(32-7)27-19-26(22(4)5)28(35)20-29(27)36)25-14-12-24(13-15-25)21-33(17-9-2)18-16-23(6)10-3/h11-15,19-20,22-23,35-37H,8-10,16-18,21H2,1-7H3/b30-11-,32-31?. The highest BCUT2D eigenvalue weighted by molar-refractivity contribution is 6.13. The second-order valence-electron chi connectivity index (χ2n) is 10.2. The van der Waals surface area contributed by atoms with Crippen molar-refractivity contribution in [1.82, 2.24) is 4.90 Å². The van der Waals surface area contributed by atoms with Crippen molar-refractivity contribution in [3.63, 3.8) is 0 Å². The predicted octanol–water partition coefficient (Wildman–Crippen LogP) is 7.56. The Bertz CT molecular complexity index is 1040. The molecule has 2 rings (SSSR count). The number of allylic oxidation sites excluding steroid dienone is 1. The van der Waals surface area contributed by atoms with E-state index in [4.69, 9.17) is 0 Å². The van der Waals surface area contributed by atoms with Crippen molar-refractivity contribution in [1.29, 1.82) is 0 Å². The third-order valence-corrected chi connectivity index (χ3v) is 6.82. The molecule has 0 heterocycles. The Morgan fingerprint density at radius 3 is 2.19 bits per heavy atom. The molecule has 2 aromatic carbocycles. The summed E-state index contributed by atoms with van der Waals surface area (Å²) < 4.78 is 0. The highest BCUT2D eigenvalue weighted by atomic mass is 16.3. The Labute approximate surface area is 224 Å².